The maximum absolute atomic E-state index is 11.9. The third-order valence-corrected chi connectivity index (χ3v) is 3.71. The van der Waals surface area contributed by atoms with Crippen LogP contribution in [0.1, 0.15) is 41.6 Å². The van der Waals surface area contributed by atoms with Crippen molar-refractivity contribution in [2.24, 2.45) is 5.73 Å². The van der Waals surface area contributed by atoms with E-state index in [2.05, 4.69) is 5.32 Å². The van der Waals surface area contributed by atoms with Gasteiger partial charge in [0.15, 0.2) is 0 Å². The van der Waals surface area contributed by atoms with Crippen LogP contribution >= 0.6 is 0 Å². The number of nitrogens with two attached hydrogens (primary N) is 1. The van der Waals surface area contributed by atoms with Gasteiger partial charge < -0.3 is 15.8 Å². The summed E-state index contributed by atoms with van der Waals surface area (Å²) in [5.41, 5.74) is 6.83. The van der Waals surface area contributed by atoms with Gasteiger partial charge in [-0.2, -0.15) is 5.26 Å². The molecule has 3 N–H and O–H groups in total. The van der Waals surface area contributed by atoms with E-state index in [0.29, 0.717) is 30.3 Å². The van der Waals surface area contributed by atoms with E-state index in [-0.39, 0.29) is 12.0 Å². The van der Waals surface area contributed by atoms with Crippen molar-refractivity contribution in [2.45, 2.75) is 37.8 Å². The summed E-state index contributed by atoms with van der Waals surface area (Å²) < 4.78 is 5.74. The molecule has 0 aromatic heterocycles. The summed E-state index contributed by atoms with van der Waals surface area (Å²) in [6.07, 6.45) is 4.29. The molecule has 0 radical (unpaired) electrons. The maximum atomic E-state index is 11.9. The Balaban J connectivity index is 1.68. The average molecular weight is 287 g/mol. The molecular formula is C16H21N3O2. The molecule has 5 nitrogen and oxygen atoms in total. The summed E-state index contributed by atoms with van der Waals surface area (Å²) in [6, 6.07) is 8.99. The summed E-state index contributed by atoms with van der Waals surface area (Å²) in [5.74, 6) is -0.179. The van der Waals surface area contributed by atoms with Gasteiger partial charge in [0.1, 0.15) is 0 Å². The van der Waals surface area contributed by atoms with Gasteiger partial charge in [0, 0.05) is 18.2 Å². The largest absolute Gasteiger partial charge is 0.376 e. The zero-order chi connectivity index (χ0) is 15.1. The maximum Gasteiger partial charge on any atom is 0.251 e. The zero-order valence-electron chi connectivity index (χ0n) is 12.0. The molecule has 1 fully saturated rings. The Labute approximate surface area is 125 Å². The van der Waals surface area contributed by atoms with Crippen molar-refractivity contribution in [1.82, 2.24) is 5.32 Å². The minimum Gasteiger partial charge on any atom is -0.376 e. The molecule has 5 heteroatoms. The lowest BCUT2D eigenvalue weighted by Crippen LogP contribution is -2.33. The van der Waals surface area contributed by atoms with Crippen LogP contribution in [0.5, 0.6) is 0 Å². The van der Waals surface area contributed by atoms with Gasteiger partial charge in [-0.25, -0.2) is 0 Å². The van der Waals surface area contributed by atoms with Gasteiger partial charge in [0.2, 0.25) is 0 Å². The van der Waals surface area contributed by atoms with E-state index in [1.807, 2.05) is 6.07 Å². The SMILES string of the molecule is N#Cc1cccc(C(=O)NCCOC2CCC(N)CC2)c1. The molecule has 0 heterocycles. The topological polar surface area (TPSA) is 88.1 Å². The van der Waals surface area contributed by atoms with Crippen LogP contribution in [0.2, 0.25) is 0 Å². The van der Waals surface area contributed by atoms with Crippen molar-refractivity contribution < 1.29 is 9.53 Å². The van der Waals surface area contributed by atoms with E-state index < -0.39 is 0 Å². The van der Waals surface area contributed by atoms with Crippen LogP contribution in [0.25, 0.3) is 0 Å². The highest BCUT2D eigenvalue weighted by atomic mass is 16.5. The van der Waals surface area contributed by atoms with Crippen LogP contribution < -0.4 is 11.1 Å². The zero-order valence-corrected chi connectivity index (χ0v) is 12.0. The highest BCUT2D eigenvalue weighted by Crippen LogP contribution is 2.19. The fraction of sp³-hybridized carbons (Fsp3) is 0.500. The van der Waals surface area contributed by atoms with E-state index in [0.717, 1.165) is 25.7 Å². The number of ether oxygens (including phenoxy) is 1. The molecule has 112 valence electrons. The number of carbonyl (C=O) groups is 1. The summed E-state index contributed by atoms with van der Waals surface area (Å²) in [7, 11) is 0. The first-order valence-electron chi connectivity index (χ1n) is 7.34. The van der Waals surface area contributed by atoms with E-state index in [4.69, 9.17) is 15.7 Å². The molecular weight excluding hydrogens is 266 g/mol. The summed E-state index contributed by atoms with van der Waals surface area (Å²) in [4.78, 5) is 11.9. The Morgan fingerprint density at radius 3 is 2.86 bits per heavy atom. The molecule has 0 saturated heterocycles. The standard InChI is InChI=1S/C16H21N3O2/c17-11-12-2-1-3-13(10-12)16(20)19-8-9-21-15-6-4-14(18)5-7-15/h1-3,10,14-15H,4-9,18H2,(H,19,20). The molecule has 1 aliphatic rings. The minimum absolute atomic E-state index is 0.179. The van der Waals surface area contributed by atoms with Crippen LogP contribution in [-0.4, -0.2) is 31.2 Å². The minimum atomic E-state index is -0.179. The van der Waals surface area contributed by atoms with E-state index >= 15 is 0 Å². The van der Waals surface area contributed by atoms with Crippen LogP contribution in [0, 0.1) is 11.3 Å². The van der Waals surface area contributed by atoms with Crippen molar-refractivity contribution in [3.8, 4) is 6.07 Å². The second-order valence-electron chi connectivity index (χ2n) is 5.36. The first kappa shape index (κ1) is 15.5. The van der Waals surface area contributed by atoms with Crippen molar-refractivity contribution in [3.05, 3.63) is 35.4 Å². The first-order valence-corrected chi connectivity index (χ1v) is 7.34. The van der Waals surface area contributed by atoms with E-state index in [9.17, 15) is 4.79 Å². The van der Waals surface area contributed by atoms with Gasteiger partial charge >= 0.3 is 0 Å². The van der Waals surface area contributed by atoms with Gasteiger partial charge in [0.25, 0.3) is 5.91 Å². The highest BCUT2D eigenvalue weighted by molar-refractivity contribution is 5.94. The van der Waals surface area contributed by atoms with Gasteiger partial charge in [-0.15, -0.1) is 0 Å². The molecule has 1 aromatic rings. The quantitative estimate of drug-likeness (QED) is 0.805. The molecule has 2 rings (SSSR count). The summed E-state index contributed by atoms with van der Waals surface area (Å²) >= 11 is 0. The van der Waals surface area contributed by atoms with Gasteiger partial charge in [-0.05, 0) is 43.9 Å². The lowest BCUT2D eigenvalue weighted by atomic mass is 9.94. The van der Waals surface area contributed by atoms with Gasteiger partial charge in [0.05, 0.1) is 24.3 Å². The fourth-order valence-corrected chi connectivity index (χ4v) is 2.48. The number of hydrogen-bond donors (Lipinski definition) is 2. The molecule has 0 spiro atoms. The predicted octanol–water partition coefficient (Wildman–Crippen LogP) is 1.57. The number of carbonyl (C=O) groups excluding carboxylic acids is 1. The Hall–Kier alpha value is -1.90. The molecule has 1 aromatic carbocycles. The molecule has 0 bridgehead atoms. The van der Waals surface area contributed by atoms with Gasteiger partial charge in [-0.1, -0.05) is 6.07 Å². The van der Waals surface area contributed by atoms with Crippen molar-refractivity contribution in [3.63, 3.8) is 0 Å². The Morgan fingerprint density at radius 2 is 2.14 bits per heavy atom. The van der Waals surface area contributed by atoms with Crippen LogP contribution in [0.15, 0.2) is 24.3 Å². The smallest absolute Gasteiger partial charge is 0.251 e. The Kier molecular flexibility index (Phi) is 5.73. The lowest BCUT2D eigenvalue weighted by Gasteiger charge is -2.26. The molecule has 1 saturated carbocycles. The number of rotatable bonds is 5. The Morgan fingerprint density at radius 1 is 1.38 bits per heavy atom. The molecule has 21 heavy (non-hydrogen) atoms. The Bertz CT molecular complexity index is 516. The summed E-state index contributed by atoms with van der Waals surface area (Å²) in [6.45, 7) is 0.974. The van der Waals surface area contributed by atoms with Gasteiger partial charge in [-0.3, -0.25) is 4.79 Å². The lowest BCUT2D eigenvalue weighted by molar-refractivity contribution is 0.0267. The van der Waals surface area contributed by atoms with Crippen LogP contribution in [0.3, 0.4) is 0 Å². The predicted molar refractivity (Wildman–Crippen MR) is 79.7 cm³/mol. The normalized spacial score (nSPS) is 21.5. The van der Waals surface area contributed by atoms with E-state index in [1.54, 1.807) is 24.3 Å². The number of nitrogens with zero attached hydrogens (tertiary/aromatic N) is 1. The van der Waals surface area contributed by atoms with Crippen LogP contribution in [0.4, 0.5) is 0 Å². The molecule has 0 unspecified atom stereocenters. The van der Waals surface area contributed by atoms with Crippen molar-refractivity contribution >= 4 is 5.91 Å². The number of nitriles is 1. The number of benzene rings is 1. The molecule has 0 aliphatic heterocycles. The number of amides is 1. The van der Waals surface area contributed by atoms with E-state index in [1.165, 1.54) is 0 Å². The molecule has 1 aliphatic carbocycles. The average Bonchev–Trinajstić information content (AvgIpc) is 2.53. The third-order valence-electron chi connectivity index (χ3n) is 3.71. The molecule has 0 atom stereocenters. The third kappa shape index (κ3) is 4.85. The van der Waals surface area contributed by atoms with Crippen molar-refractivity contribution in [2.75, 3.05) is 13.2 Å². The number of hydrogen-bond acceptors (Lipinski definition) is 4. The van der Waals surface area contributed by atoms with Crippen LogP contribution in [-0.2, 0) is 4.74 Å². The van der Waals surface area contributed by atoms with Crippen molar-refractivity contribution in [1.29, 1.82) is 5.26 Å². The number of nitrogens with one attached hydrogen (secondary N) is 1. The fourth-order valence-electron chi connectivity index (χ4n) is 2.48. The highest BCUT2D eigenvalue weighted by Gasteiger charge is 2.18. The second-order valence-corrected chi connectivity index (χ2v) is 5.36. The monoisotopic (exact) mass is 287 g/mol. The molecule has 1 amide bonds. The summed E-state index contributed by atoms with van der Waals surface area (Å²) in [5, 5.41) is 11.6. The first-order chi connectivity index (χ1) is 10.2. The second kappa shape index (κ2) is 7.77.